The number of amides is 1. The molecule has 0 bridgehead atoms. The fourth-order valence-corrected chi connectivity index (χ4v) is 2.83. The minimum Gasteiger partial charge on any atom is -0.550 e. The number of carboxylic acids is 1. The summed E-state index contributed by atoms with van der Waals surface area (Å²) >= 11 is 0. The van der Waals surface area contributed by atoms with Gasteiger partial charge < -0.3 is 15.2 Å². The number of carbonyl (C=O) groups excluding carboxylic acids is 2. The number of rotatable bonds is 5. The van der Waals surface area contributed by atoms with E-state index in [0.717, 1.165) is 24.8 Å². The molecule has 0 radical (unpaired) electrons. The number of hydrogen-bond donors (Lipinski definition) is 1. The Morgan fingerprint density at radius 2 is 1.75 bits per heavy atom. The van der Waals surface area contributed by atoms with Crippen molar-refractivity contribution in [3.63, 3.8) is 0 Å². The SMILES string of the molecule is O=C([O-])[C@@H]1CCCC[C@H]1C(=O)NCCc1ccccc1. The molecule has 1 fully saturated rings. The average Bonchev–Trinajstić information content (AvgIpc) is 2.48. The maximum atomic E-state index is 12.1. The maximum Gasteiger partial charge on any atom is 0.223 e. The van der Waals surface area contributed by atoms with Gasteiger partial charge in [-0.2, -0.15) is 0 Å². The van der Waals surface area contributed by atoms with E-state index in [2.05, 4.69) is 5.32 Å². The topological polar surface area (TPSA) is 69.2 Å². The Morgan fingerprint density at radius 3 is 2.40 bits per heavy atom. The second-order valence-electron chi connectivity index (χ2n) is 5.34. The quantitative estimate of drug-likeness (QED) is 0.867. The first-order valence-corrected chi connectivity index (χ1v) is 7.21. The molecule has 0 unspecified atom stereocenters. The van der Waals surface area contributed by atoms with Gasteiger partial charge in [0.1, 0.15) is 0 Å². The third kappa shape index (κ3) is 3.83. The summed E-state index contributed by atoms with van der Waals surface area (Å²) in [5.74, 6) is -2.28. The molecule has 0 aromatic heterocycles. The van der Waals surface area contributed by atoms with Crippen LogP contribution in [0.15, 0.2) is 30.3 Å². The Kier molecular flexibility index (Phi) is 5.16. The third-order valence-corrected chi connectivity index (χ3v) is 3.96. The van der Waals surface area contributed by atoms with Crippen LogP contribution < -0.4 is 10.4 Å². The van der Waals surface area contributed by atoms with Gasteiger partial charge >= 0.3 is 0 Å². The molecule has 2 atom stereocenters. The van der Waals surface area contributed by atoms with Gasteiger partial charge in [-0.3, -0.25) is 4.79 Å². The lowest BCUT2D eigenvalue weighted by Gasteiger charge is -2.31. The molecule has 2 rings (SSSR count). The Balaban J connectivity index is 1.83. The van der Waals surface area contributed by atoms with Crippen LogP contribution >= 0.6 is 0 Å². The molecule has 1 N–H and O–H groups in total. The Labute approximate surface area is 119 Å². The second kappa shape index (κ2) is 7.08. The number of hydrogen-bond acceptors (Lipinski definition) is 3. The van der Waals surface area contributed by atoms with E-state index in [4.69, 9.17) is 0 Å². The highest BCUT2D eigenvalue weighted by Gasteiger charge is 2.31. The minimum absolute atomic E-state index is 0.144. The lowest BCUT2D eigenvalue weighted by atomic mass is 9.78. The molecule has 1 amide bonds. The smallest absolute Gasteiger partial charge is 0.223 e. The zero-order chi connectivity index (χ0) is 14.4. The highest BCUT2D eigenvalue weighted by Crippen LogP contribution is 2.29. The molecule has 4 heteroatoms. The first kappa shape index (κ1) is 14.6. The fraction of sp³-hybridized carbons (Fsp3) is 0.500. The van der Waals surface area contributed by atoms with E-state index < -0.39 is 17.8 Å². The highest BCUT2D eigenvalue weighted by atomic mass is 16.4. The molecular weight excluding hydrogens is 254 g/mol. The Bertz CT molecular complexity index is 458. The zero-order valence-corrected chi connectivity index (χ0v) is 11.5. The largest absolute Gasteiger partial charge is 0.550 e. The van der Waals surface area contributed by atoms with Crippen LogP contribution in [0.5, 0.6) is 0 Å². The van der Waals surface area contributed by atoms with Crippen LogP contribution in [0.2, 0.25) is 0 Å². The van der Waals surface area contributed by atoms with E-state index >= 15 is 0 Å². The number of aliphatic carboxylic acids is 1. The first-order valence-electron chi connectivity index (χ1n) is 7.21. The van der Waals surface area contributed by atoms with E-state index in [1.54, 1.807) is 0 Å². The summed E-state index contributed by atoms with van der Waals surface area (Å²) in [5, 5.41) is 13.9. The van der Waals surface area contributed by atoms with Crippen molar-refractivity contribution >= 4 is 11.9 Å². The van der Waals surface area contributed by atoms with Crippen LogP contribution in [0.25, 0.3) is 0 Å². The molecule has 1 aliphatic rings. The molecule has 0 heterocycles. The Morgan fingerprint density at radius 1 is 1.10 bits per heavy atom. The molecular formula is C16H20NO3-. The summed E-state index contributed by atoms with van der Waals surface area (Å²) < 4.78 is 0. The zero-order valence-electron chi connectivity index (χ0n) is 11.5. The summed E-state index contributed by atoms with van der Waals surface area (Å²) in [5.41, 5.74) is 1.16. The van der Waals surface area contributed by atoms with Gasteiger partial charge in [-0.05, 0) is 24.8 Å². The van der Waals surface area contributed by atoms with Gasteiger partial charge in [0, 0.05) is 24.3 Å². The highest BCUT2D eigenvalue weighted by molar-refractivity contribution is 5.84. The molecule has 1 saturated carbocycles. The minimum atomic E-state index is -1.09. The van der Waals surface area contributed by atoms with Crippen molar-refractivity contribution in [1.29, 1.82) is 0 Å². The van der Waals surface area contributed by atoms with Crippen LogP contribution in [0.3, 0.4) is 0 Å². The van der Waals surface area contributed by atoms with Gasteiger partial charge in [-0.25, -0.2) is 0 Å². The van der Waals surface area contributed by atoms with Gasteiger partial charge in [-0.15, -0.1) is 0 Å². The Hall–Kier alpha value is -1.84. The lowest BCUT2D eigenvalue weighted by Crippen LogP contribution is -2.44. The fourth-order valence-electron chi connectivity index (χ4n) is 2.83. The van der Waals surface area contributed by atoms with Crippen LogP contribution in [0.1, 0.15) is 31.2 Å². The molecule has 1 aromatic carbocycles. The molecule has 20 heavy (non-hydrogen) atoms. The average molecular weight is 274 g/mol. The summed E-state index contributed by atoms with van der Waals surface area (Å²) in [7, 11) is 0. The predicted molar refractivity (Wildman–Crippen MR) is 73.6 cm³/mol. The van der Waals surface area contributed by atoms with Gasteiger partial charge in [0.2, 0.25) is 5.91 Å². The van der Waals surface area contributed by atoms with Crippen LogP contribution in [-0.2, 0) is 16.0 Å². The van der Waals surface area contributed by atoms with E-state index in [9.17, 15) is 14.7 Å². The molecule has 4 nitrogen and oxygen atoms in total. The molecule has 1 aliphatic carbocycles. The summed E-state index contributed by atoms with van der Waals surface area (Å²) in [6, 6.07) is 9.90. The van der Waals surface area contributed by atoms with Crippen molar-refractivity contribution in [2.24, 2.45) is 11.8 Å². The molecule has 1 aromatic rings. The van der Waals surface area contributed by atoms with Crippen molar-refractivity contribution < 1.29 is 14.7 Å². The first-order chi connectivity index (χ1) is 9.68. The summed E-state index contributed by atoms with van der Waals surface area (Å²) in [4.78, 5) is 23.2. The monoisotopic (exact) mass is 274 g/mol. The second-order valence-corrected chi connectivity index (χ2v) is 5.34. The molecule has 108 valence electrons. The molecule has 0 saturated heterocycles. The van der Waals surface area contributed by atoms with E-state index in [0.29, 0.717) is 19.4 Å². The van der Waals surface area contributed by atoms with Crippen molar-refractivity contribution in [1.82, 2.24) is 5.32 Å². The standard InChI is InChI=1S/C16H21NO3/c18-15(13-8-4-5-9-14(13)16(19)20)17-11-10-12-6-2-1-3-7-12/h1-3,6-7,13-14H,4-5,8-11H2,(H,17,18)(H,19,20)/p-1/t13-,14-/m1/s1. The number of carbonyl (C=O) groups is 2. The number of carboxylic acid groups (broad SMARTS) is 1. The van der Waals surface area contributed by atoms with Crippen molar-refractivity contribution in [3.8, 4) is 0 Å². The van der Waals surface area contributed by atoms with Gasteiger partial charge in [0.05, 0.1) is 0 Å². The van der Waals surface area contributed by atoms with Crippen LogP contribution in [0.4, 0.5) is 0 Å². The van der Waals surface area contributed by atoms with Crippen LogP contribution in [0, 0.1) is 11.8 Å². The van der Waals surface area contributed by atoms with Gasteiger partial charge in [-0.1, -0.05) is 43.2 Å². The predicted octanol–water partition coefficient (Wildman–Crippen LogP) is 0.902. The van der Waals surface area contributed by atoms with E-state index in [1.165, 1.54) is 0 Å². The third-order valence-electron chi connectivity index (χ3n) is 3.96. The number of nitrogens with one attached hydrogen (secondary N) is 1. The lowest BCUT2D eigenvalue weighted by molar-refractivity contribution is -0.314. The van der Waals surface area contributed by atoms with Crippen LogP contribution in [-0.4, -0.2) is 18.4 Å². The van der Waals surface area contributed by atoms with Crippen molar-refractivity contribution in [3.05, 3.63) is 35.9 Å². The molecule has 0 aliphatic heterocycles. The number of benzene rings is 1. The van der Waals surface area contributed by atoms with Gasteiger partial charge in [0.15, 0.2) is 0 Å². The summed E-state index contributed by atoms with van der Waals surface area (Å²) in [6.07, 6.45) is 3.75. The summed E-state index contributed by atoms with van der Waals surface area (Å²) in [6.45, 7) is 0.541. The van der Waals surface area contributed by atoms with E-state index in [-0.39, 0.29) is 5.91 Å². The van der Waals surface area contributed by atoms with Crippen molar-refractivity contribution in [2.75, 3.05) is 6.54 Å². The van der Waals surface area contributed by atoms with Crippen molar-refractivity contribution in [2.45, 2.75) is 32.1 Å². The normalized spacial score (nSPS) is 22.2. The molecule has 0 spiro atoms. The van der Waals surface area contributed by atoms with E-state index in [1.807, 2.05) is 30.3 Å². The van der Waals surface area contributed by atoms with Gasteiger partial charge in [0.25, 0.3) is 0 Å². The maximum absolute atomic E-state index is 12.1.